The number of rotatable bonds is 2. The molecule has 0 atom stereocenters. The highest BCUT2D eigenvalue weighted by Gasteiger charge is 2.11. The average Bonchev–Trinajstić information content (AvgIpc) is 2.65. The van der Waals surface area contributed by atoms with Gasteiger partial charge in [0.1, 0.15) is 6.07 Å². The Balaban J connectivity index is 2.82. The van der Waals surface area contributed by atoms with Gasteiger partial charge in [0.2, 0.25) is 0 Å². The molecule has 0 saturated heterocycles. The minimum absolute atomic E-state index is 0.0559. The summed E-state index contributed by atoms with van der Waals surface area (Å²) in [5.74, 6) is 0.477. The van der Waals surface area contributed by atoms with E-state index >= 15 is 0 Å². The van der Waals surface area contributed by atoms with E-state index in [1.165, 1.54) is 7.11 Å². The number of hydrogen-bond acceptors (Lipinski definition) is 3. The maximum atomic E-state index is 9.67. The molecule has 0 spiro atoms. The fourth-order valence-electron chi connectivity index (χ4n) is 1.82. The lowest BCUT2D eigenvalue weighted by Crippen LogP contribution is -1.91. The molecule has 0 aliphatic carbocycles. The van der Waals surface area contributed by atoms with Crippen molar-refractivity contribution in [3.8, 4) is 17.6 Å². The van der Waals surface area contributed by atoms with Crippen LogP contribution in [0.1, 0.15) is 12.5 Å². The van der Waals surface area contributed by atoms with Crippen LogP contribution in [0.2, 0.25) is 0 Å². The van der Waals surface area contributed by atoms with Gasteiger partial charge >= 0.3 is 0 Å². The lowest BCUT2D eigenvalue weighted by molar-refractivity contribution is 0.374. The van der Waals surface area contributed by atoms with E-state index in [4.69, 9.17) is 10.00 Å². The number of nitrogens with zero attached hydrogens (tertiary/aromatic N) is 2. The second kappa shape index (κ2) is 3.78. The fraction of sp³-hybridized carbons (Fsp3) is 0.250. The summed E-state index contributed by atoms with van der Waals surface area (Å²) in [5.41, 5.74) is 1.46. The molecule has 0 aliphatic heterocycles. The first-order valence-corrected chi connectivity index (χ1v) is 5.01. The monoisotopic (exact) mass is 216 g/mol. The van der Waals surface area contributed by atoms with Crippen LogP contribution in [0.15, 0.2) is 18.3 Å². The Morgan fingerprint density at radius 3 is 2.81 bits per heavy atom. The molecule has 0 unspecified atom stereocenters. The van der Waals surface area contributed by atoms with Crippen LogP contribution in [0, 0.1) is 11.3 Å². The first-order chi connectivity index (χ1) is 7.71. The van der Waals surface area contributed by atoms with Crippen LogP contribution < -0.4 is 4.74 Å². The van der Waals surface area contributed by atoms with E-state index in [0.717, 1.165) is 17.4 Å². The third kappa shape index (κ3) is 1.38. The van der Waals surface area contributed by atoms with Gasteiger partial charge in [-0.1, -0.05) is 0 Å². The highest BCUT2D eigenvalue weighted by molar-refractivity contribution is 5.89. The second-order valence-electron chi connectivity index (χ2n) is 3.48. The summed E-state index contributed by atoms with van der Waals surface area (Å²) in [4.78, 5) is 0. The molecule has 4 heteroatoms. The molecule has 82 valence electrons. The molecule has 0 aliphatic rings. The summed E-state index contributed by atoms with van der Waals surface area (Å²) in [7, 11) is 1.51. The van der Waals surface area contributed by atoms with E-state index in [1.54, 1.807) is 18.3 Å². The zero-order valence-corrected chi connectivity index (χ0v) is 9.19. The third-order valence-corrected chi connectivity index (χ3v) is 2.64. The number of ether oxygens (including phenoxy) is 1. The Morgan fingerprint density at radius 1 is 1.50 bits per heavy atom. The van der Waals surface area contributed by atoms with Gasteiger partial charge in [0.05, 0.1) is 18.2 Å². The highest BCUT2D eigenvalue weighted by Crippen LogP contribution is 2.33. The first kappa shape index (κ1) is 10.4. The van der Waals surface area contributed by atoms with Crippen molar-refractivity contribution in [3.63, 3.8) is 0 Å². The number of fused-ring (bicyclic) bond motifs is 1. The maximum Gasteiger partial charge on any atom is 0.162 e. The van der Waals surface area contributed by atoms with Crippen molar-refractivity contribution in [2.45, 2.75) is 13.5 Å². The predicted molar refractivity (Wildman–Crippen MR) is 60.5 cm³/mol. The van der Waals surface area contributed by atoms with E-state index in [0.29, 0.717) is 11.3 Å². The van der Waals surface area contributed by atoms with Crippen LogP contribution in [0.3, 0.4) is 0 Å². The molecule has 2 aromatic rings. The molecule has 16 heavy (non-hydrogen) atoms. The number of aromatic nitrogens is 1. The van der Waals surface area contributed by atoms with Crippen molar-refractivity contribution < 1.29 is 9.84 Å². The standard InChI is InChI=1S/C12H12N2O2/c1-3-14-7-8(6-13)9-4-11(15)12(16-2)5-10(9)14/h4-5,7,15H,3H2,1-2H3. The van der Waals surface area contributed by atoms with E-state index in [1.807, 2.05) is 11.5 Å². The minimum atomic E-state index is 0.0559. The summed E-state index contributed by atoms with van der Waals surface area (Å²) in [6.07, 6.45) is 1.78. The number of phenolic OH excluding ortho intramolecular Hbond substituents is 1. The molecule has 0 amide bonds. The summed E-state index contributed by atoms with van der Waals surface area (Å²) in [6, 6.07) is 5.43. The van der Waals surface area contributed by atoms with Crippen LogP contribution in [0.25, 0.3) is 10.9 Å². The topological polar surface area (TPSA) is 58.2 Å². The minimum Gasteiger partial charge on any atom is -0.504 e. The molecule has 0 bridgehead atoms. The summed E-state index contributed by atoms with van der Waals surface area (Å²) >= 11 is 0. The number of nitriles is 1. The summed E-state index contributed by atoms with van der Waals surface area (Å²) in [5, 5.41) is 19.4. The van der Waals surface area contributed by atoms with Gasteiger partial charge in [-0.25, -0.2) is 0 Å². The number of methoxy groups -OCH3 is 1. The first-order valence-electron chi connectivity index (χ1n) is 5.01. The normalized spacial score (nSPS) is 10.3. The second-order valence-corrected chi connectivity index (χ2v) is 3.48. The zero-order chi connectivity index (χ0) is 11.7. The van der Waals surface area contributed by atoms with Gasteiger partial charge in [-0.05, 0) is 13.0 Å². The Morgan fingerprint density at radius 2 is 2.25 bits per heavy atom. The molecule has 1 heterocycles. The van der Waals surface area contributed by atoms with Crippen molar-refractivity contribution in [2.24, 2.45) is 0 Å². The van der Waals surface area contributed by atoms with Crippen LogP contribution >= 0.6 is 0 Å². The van der Waals surface area contributed by atoms with E-state index < -0.39 is 0 Å². The Bertz CT molecular complexity index is 579. The third-order valence-electron chi connectivity index (χ3n) is 2.64. The van der Waals surface area contributed by atoms with Crippen molar-refractivity contribution in [2.75, 3.05) is 7.11 Å². The van der Waals surface area contributed by atoms with Gasteiger partial charge < -0.3 is 14.4 Å². The summed E-state index contributed by atoms with van der Waals surface area (Å²) in [6.45, 7) is 2.77. The molecule has 1 aromatic carbocycles. The molecule has 0 saturated carbocycles. The lowest BCUT2D eigenvalue weighted by atomic mass is 10.1. The van der Waals surface area contributed by atoms with Gasteiger partial charge in [0, 0.05) is 24.2 Å². The van der Waals surface area contributed by atoms with E-state index in [2.05, 4.69) is 6.07 Å². The molecule has 0 fully saturated rings. The molecular formula is C12H12N2O2. The molecule has 1 aromatic heterocycles. The van der Waals surface area contributed by atoms with Crippen molar-refractivity contribution in [1.82, 2.24) is 4.57 Å². The predicted octanol–water partition coefficient (Wildman–Crippen LogP) is 2.25. The Kier molecular flexibility index (Phi) is 2.45. The van der Waals surface area contributed by atoms with Gasteiger partial charge in [0.15, 0.2) is 11.5 Å². The van der Waals surface area contributed by atoms with Gasteiger partial charge in [0.25, 0.3) is 0 Å². The van der Waals surface area contributed by atoms with E-state index in [-0.39, 0.29) is 5.75 Å². The quantitative estimate of drug-likeness (QED) is 0.837. The SMILES string of the molecule is CCn1cc(C#N)c2cc(O)c(OC)cc21. The molecule has 0 radical (unpaired) electrons. The number of aryl methyl sites for hydroxylation is 1. The lowest BCUT2D eigenvalue weighted by Gasteiger charge is -2.05. The molecule has 1 N–H and O–H groups in total. The summed E-state index contributed by atoms with van der Waals surface area (Å²) < 4.78 is 7.00. The largest absolute Gasteiger partial charge is 0.504 e. The fourth-order valence-corrected chi connectivity index (χ4v) is 1.82. The molecule has 2 rings (SSSR count). The van der Waals surface area contributed by atoms with Crippen LogP contribution in [-0.2, 0) is 6.54 Å². The zero-order valence-electron chi connectivity index (χ0n) is 9.19. The Labute approximate surface area is 93.3 Å². The van der Waals surface area contributed by atoms with Crippen molar-refractivity contribution >= 4 is 10.9 Å². The number of phenols is 1. The molecule has 4 nitrogen and oxygen atoms in total. The van der Waals surface area contributed by atoms with Gasteiger partial charge in [-0.3, -0.25) is 0 Å². The van der Waals surface area contributed by atoms with Crippen molar-refractivity contribution in [1.29, 1.82) is 5.26 Å². The van der Waals surface area contributed by atoms with Gasteiger partial charge in [-0.2, -0.15) is 5.26 Å². The van der Waals surface area contributed by atoms with E-state index in [9.17, 15) is 5.11 Å². The smallest absolute Gasteiger partial charge is 0.162 e. The maximum absolute atomic E-state index is 9.67. The van der Waals surface area contributed by atoms with Crippen molar-refractivity contribution in [3.05, 3.63) is 23.9 Å². The number of hydrogen-bond donors (Lipinski definition) is 1. The van der Waals surface area contributed by atoms with Crippen LogP contribution in [-0.4, -0.2) is 16.8 Å². The highest BCUT2D eigenvalue weighted by atomic mass is 16.5. The van der Waals surface area contributed by atoms with Crippen LogP contribution in [0.5, 0.6) is 11.5 Å². The number of aromatic hydroxyl groups is 1. The number of benzene rings is 1. The average molecular weight is 216 g/mol. The van der Waals surface area contributed by atoms with Gasteiger partial charge in [-0.15, -0.1) is 0 Å². The Hall–Kier alpha value is -2.15. The van der Waals surface area contributed by atoms with Crippen LogP contribution in [0.4, 0.5) is 0 Å². The molecular weight excluding hydrogens is 204 g/mol.